The molecule has 0 bridgehead atoms. The number of nitrogens with zero attached hydrogens (tertiary/aromatic N) is 1. The van der Waals surface area contributed by atoms with Crippen LogP contribution in [0.15, 0.2) is 30.3 Å². The number of rotatable bonds is 6. The molecule has 2 nitrogen and oxygen atoms in total. The maximum atomic E-state index is 11.9. The van der Waals surface area contributed by atoms with E-state index in [1.54, 1.807) is 0 Å². The van der Waals surface area contributed by atoms with E-state index >= 15 is 0 Å². The van der Waals surface area contributed by atoms with Gasteiger partial charge in [0.2, 0.25) is 0 Å². The summed E-state index contributed by atoms with van der Waals surface area (Å²) in [5.41, 5.74) is 1.35. The number of alkyl halides is 3. The molecule has 112 valence electrons. The number of hydrogen-bond acceptors (Lipinski definition) is 2. The minimum atomic E-state index is -4.22. The van der Waals surface area contributed by atoms with Gasteiger partial charge in [-0.2, -0.15) is 13.2 Å². The van der Waals surface area contributed by atoms with Crippen molar-refractivity contribution in [2.24, 2.45) is 0 Å². The molecule has 1 saturated heterocycles. The van der Waals surface area contributed by atoms with Crippen LogP contribution in [-0.4, -0.2) is 43.9 Å². The fourth-order valence-corrected chi connectivity index (χ4v) is 2.61. The van der Waals surface area contributed by atoms with Crippen molar-refractivity contribution in [2.45, 2.75) is 24.9 Å². The first kappa shape index (κ1) is 15.3. The Balaban J connectivity index is 1.62. The van der Waals surface area contributed by atoms with Gasteiger partial charge < -0.3 is 9.64 Å². The monoisotopic (exact) mass is 287 g/mol. The maximum Gasteiger partial charge on any atom is 0.411 e. The van der Waals surface area contributed by atoms with Crippen LogP contribution in [0, 0.1) is 0 Å². The van der Waals surface area contributed by atoms with E-state index < -0.39 is 12.8 Å². The number of ether oxygens (including phenoxy) is 1. The Labute approximate surface area is 117 Å². The summed E-state index contributed by atoms with van der Waals surface area (Å²) in [7, 11) is 0. The zero-order chi connectivity index (χ0) is 14.4. The molecule has 2 rings (SSSR count). The topological polar surface area (TPSA) is 12.5 Å². The predicted molar refractivity (Wildman–Crippen MR) is 71.7 cm³/mol. The van der Waals surface area contributed by atoms with Gasteiger partial charge in [0.05, 0.1) is 0 Å². The molecule has 20 heavy (non-hydrogen) atoms. The Bertz CT molecular complexity index is 394. The van der Waals surface area contributed by atoms with Crippen molar-refractivity contribution in [3.05, 3.63) is 35.9 Å². The van der Waals surface area contributed by atoms with E-state index in [-0.39, 0.29) is 6.61 Å². The molecule has 0 aliphatic carbocycles. The summed E-state index contributed by atoms with van der Waals surface area (Å²) in [4.78, 5) is 2.30. The largest absolute Gasteiger partial charge is 0.411 e. The van der Waals surface area contributed by atoms with E-state index in [1.807, 2.05) is 18.2 Å². The van der Waals surface area contributed by atoms with Gasteiger partial charge in [0.25, 0.3) is 0 Å². The molecule has 1 aliphatic heterocycles. The minimum Gasteiger partial charge on any atom is -0.372 e. The minimum absolute atomic E-state index is 0.173. The van der Waals surface area contributed by atoms with Crippen LogP contribution in [0.25, 0.3) is 0 Å². The highest BCUT2D eigenvalue weighted by Gasteiger charge is 2.27. The highest BCUT2D eigenvalue weighted by Crippen LogP contribution is 2.26. The van der Waals surface area contributed by atoms with Crippen molar-refractivity contribution < 1.29 is 17.9 Å². The van der Waals surface area contributed by atoms with Gasteiger partial charge in [0.1, 0.15) is 6.61 Å². The van der Waals surface area contributed by atoms with Crippen LogP contribution < -0.4 is 0 Å². The maximum absolute atomic E-state index is 11.9. The Morgan fingerprint density at radius 3 is 2.65 bits per heavy atom. The molecule has 1 aromatic rings. The molecule has 1 aromatic carbocycles. The van der Waals surface area contributed by atoms with E-state index in [2.05, 4.69) is 21.8 Å². The van der Waals surface area contributed by atoms with Crippen molar-refractivity contribution in [1.82, 2.24) is 4.90 Å². The van der Waals surface area contributed by atoms with Gasteiger partial charge in [-0.25, -0.2) is 0 Å². The van der Waals surface area contributed by atoms with E-state index in [0.717, 1.165) is 26.1 Å². The highest BCUT2D eigenvalue weighted by molar-refractivity contribution is 5.20. The molecule has 0 aromatic heterocycles. The molecule has 5 heteroatoms. The molecule has 1 aliphatic rings. The average molecular weight is 287 g/mol. The lowest BCUT2D eigenvalue weighted by molar-refractivity contribution is -0.174. The van der Waals surface area contributed by atoms with Crippen LogP contribution in [0.1, 0.15) is 24.3 Å². The first-order chi connectivity index (χ1) is 9.54. The summed E-state index contributed by atoms with van der Waals surface area (Å²) in [6.45, 7) is 1.84. The smallest absolute Gasteiger partial charge is 0.372 e. The first-order valence-corrected chi connectivity index (χ1v) is 6.96. The SMILES string of the molecule is FC(F)(F)COCCCN1CCC(c2ccccc2)C1. The van der Waals surface area contributed by atoms with E-state index in [4.69, 9.17) is 0 Å². The molecule has 1 atom stereocenters. The van der Waals surface area contributed by atoms with Gasteiger partial charge in [-0.3, -0.25) is 0 Å². The second-order valence-corrected chi connectivity index (χ2v) is 5.22. The quantitative estimate of drug-likeness (QED) is 0.743. The number of likely N-dealkylation sites (tertiary alicyclic amines) is 1. The van der Waals surface area contributed by atoms with Crippen LogP contribution in [0.5, 0.6) is 0 Å². The van der Waals surface area contributed by atoms with Crippen LogP contribution in [-0.2, 0) is 4.74 Å². The van der Waals surface area contributed by atoms with Crippen molar-refractivity contribution in [1.29, 1.82) is 0 Å². The molecule has 0 spiro atoms. The molecule has 0 saturated carbocycles. The summed E-state index contributed by atoms with van der Waals surface area (Å²) in [6, 6.07) is 10.4. The van der Waals surface area contributed by atoms with Crippen molar-refractivity contribution in [2.75, 3.05) is 32.8 Å². The van der Waals surface area contributed by atoms with Gasteiger partial charge in [0, 0.05) is 19.7 Å². The van der Waals surface area contributed by atoms with Crippen LogP contribution >= 0.6 is 0 Å². The van der Waals surface area contributed by atoms with E-state index in [9.17, 15) is 13.2 Å². The summed E-state index contributed by atoms with van der Waals surface area (Å²) >= 11 is 0. The third-order valence-corrected chi connectivity index (χ3v) is 3.57. The Morgan fingerprint density at radius 2 is 1.95 bits per heavy atom. The third kappa shape index (κ3) is 5.13. The van der Waals surface area contributed by atoms with Gasteiger partial charge in [-0.15, -0.1) is 0 Å². The Hall–Kier alpha value is -1.07. The predicted octanol–water partition coefficient (Wildman–Crippen LogP) is 3.44. The molecule has 0 radical (unpaired) electrons. The zero-order valence-electron chi connectivity index (χ0n) is 11.4. The number of hydrogen-bond donors (Lipinski definition) is 0. The van der Waals surface area contributed by atoms with Crippen LogP contribution in [0.2, 0.25) is 0 Å². The molecular formula is C15H20F3NO. The fraction of sp³-hybridized carbons (Fsp3) is 0.600. The average Bonchev–Trinajstić information content (AvgIpc) is 2.87. The highest BCUT2D eigenvalue weighted by atomic mass is 19.4. The second kappa shape index (κ2) is 7.09. The Kier molecular flexibility index (Phi) is 5.43. The first-order valence-electron chi connectivity index (χ1n) is 6.96. The third-order valence-electron chi connectivity index (χ3n) is 3.57. The van der Waals surface area contributed by atoms with Crippen molar-refractivity contribution >= 4 is 0 Å². The molecule has 0 amide bonds. The molecule has 1 fully saturated rings. The zero-order valence-corrected chi connectivity index (χ0v) is 11.4. The van der Waals surface area contributed by atoms with Gasteiger partial charge >= 0.3 is 6.18 Å². The van der Waals surface area contributed by atoms with E-state index in [1.165, 1.54) is 5.56 Å². The lowest BCUT2D eigenvalue weighted by Gasteiger charge is -2.16. The lowest BCUT2D eigenvalue weighted by atomic mass is 9.99. The summed E-state index contributed by atoms with van der Waals surface area (Å²) in [6.07, 6.45) is -2.45. The van der Waals surface area contributed by atoms with Gasteiger partial charge in [0.15, 0.2) is 0 Å². The summed E-state index contributed by atoms with van der Waals surface area (Å²) < 4.78 is 40.3. The summed E-state index contributed by atoms with van der Waals surface area (Å²) in [5, 5.41) is 0. The van der Waals surface area contributed by atoms with Crippen LogP contribution in [0.4, 0.5) is 13.2 Å². The second-order valence-electron chi connectivity index (χ2n) is 5.22. The van der Waals surface area contributed by atoms with Crippen molar-refractivity contribution in [3.63, 3.8) is 0 Å². The number of benzene rings is 1. The number of halogens is 3. The molecular weight excluding hydrogens is 267 g/mol. The normalized spacial score (nSPS) is 20.4. The van der Waals surface area contributed by atoms with Gasteiger partial charge in [-0.1, -0.05) is 30.3 Å². The summed E-state index contributed by atoms with van der Waals surface area (Å²) in [5.74, 6) is 0.548. The van der Waals surface area contributed by atoms with Crippen molar-refractivity contribution in [3.8, 4) is 0 Å². The lowest BCUT2D eigenvalue weighted by Crippen LogP contribution is -2.24. The van der Waals surface area contributed by atoms with Gasteiger partial charge in [-0.05, 0) is 30.9 Å². The molecule has 1 heterocycles. The molecule has 0 N–H and O–H groups in total. The van der Waals surface area contributed by atoms with Crippen LogP contribution in [0.3, 0.4) is 0 Å². The fourth-order valence-electron chi connectivity index (χ4n) is 2.61. The standard InChI is InChI=1S/C15H20F3NO/c16-15(17,18)12-20-10-4-8-19-9-7-14(11-19)13-5-2-1-3-6-13/h1-3,5-6,14H,4,7-12H2. The molecule has 1 unspecified atom stereocenters. The Morgan fingerprint density at radius 1 is 1.20 bits per heavy atom. The van der Waals surface area contributed by atoms with E-state index in [0.29, 0.717) is 12.3 Å².